The average Bonchev–Trinajstić information content (AvgIpc) is 3.70. The number of aliphatic hydroxyl groups is 2. The number of hydrogen-bond acceptors (Lipinski definition) is 10. The van der Waals surface area contributed by atoms with Gasteiger partial charge in [0.2, 0.25) is 5.91 Å². The highest BCUT2D eigenvalue weighted by molar-refractivity contribution is 5.82. The first-order chi connectivity index (χ1) is 21.5. The summed E-state index contributed by atoms with van der Waals surface area (Å²) in [5, 5.41) is 36.4. The van der Waals surface area contributed by atoms with Crippen LogP contribution in [0.3, 0.4) is 0 Å². The Morgan fingerprint density at radius 1 is 1.16 bits per heavy atom. The third kappa shape index (κ3) is 7.07. The predicted molar refractivity (Wildman–Crippen MR) is 153 cm³/mol. The molecule has 15 heteroatoms. The van der Waals surface area contributed by atoms with E-state index in [4.69, 9.17) is 19.7 Å². The Balaban J connectivity index is 1.27. The van der Waals surface area contributed by atoms with Crippen molar-refractivity contribution in [3.8, 4) is 11.3 Å². The SMILES string of the molecule is CO[C@@H]1[C@@H](n2cc(-c3cc(F)c(F)c(F)c3)nn2)[C@@H](O)[C@@H](CO)O[C@@H]1Cc1cc(C2CCC(NC(=O)C(N)C(C)C)CC2)no1. The molecule has 45 heavy (non-hydrogen) atoms. The summed E-state index contributed by atoms with van der Waals surface area (Å²) in [7, 11) is 1.43. The Bertz CT molecular complexity index is 1440. The van der Waals surface area contributed by atoms with E-state index in [0.717, 1.165) is 43.5 Å². The molecule has 0 spiro atoms. The van der Waals surface area contributed by atoms with Crippen LogP contribution in [0.2, 0.25) is 0 Å². The van der Waals surface area contributed by atoms with Gasteiger partial charge in [-0.15, -0.1) is 5.10 Å². The van der Waals surface area contributed by atoms with Crippen molar-refractivity contribution in [2.24, 2.45) is 11.7 Å². The maximum atomic E-state index is 13.8. The largest absolute Gasteiger partial charge is 0.394 e. The quantitative estimate of drug-likeness (QED) is 0.242. The molecule has 5 N–H and O–H groups in total. The summed E-state index contributed by atoms with van der Waals surface area (Å²) in [6, 6.07) is 2.05. The van der Waals surface area contributed by atoms with Gasteiger partial charge in [0.05, 0.1) is 30.6 Å². The number of hydrogen-bond donors (Lipinski definition) is 4. The van der Waals surface area contributed by atoms with E-state index in [2.05, 4.69) is 20.8 Å². The van der Waals surface area contributed by atoms with Crippen molar-refractivity contribution in [2.75, 3.05) is 13.7 Å². The third-order valence-corrected chi connectivity index (χ3v) is 8.82. The zero-order chi connectivity index (χ0) is 32.4. The lowest BCUT2D eigenvalue weighted by Gasteiger charge is -2.43. The minimum absolute atomic E-state index is 0.0374. The lowest BCUT2D eigenvalue weighted by molar-refractivity contribution is -0.212. The van der Waals surface area contributed by atoms with Crippen LogP contribution in [0.25, 0.3) is 11.3 Å². The van der Waals surface area contributed by atoms with Crippen LogP contribution in [0, 0.1) is 23.4 Å². The molecule has 1 unspecified atom stereocenters. The summed E-state index contributed by atoms with van der Waals surface area (Å²) < 4.78 is 59.9. The fourth-order valence-corrected chi connectivity index (χ4v) is 6.14. The first-order valence-electron chi connectivity index (χ1n) is 15.1. The first kappa shape index (κ1) is 33.0. The standard InChI is InChI=1S/C30H39F3N6O6/c1-14(2)26(34)30(42)35-17-6-4-15(5-7-17)21-10-18(45-37-21)11-23-29(43-3)27(28(41)24(13-40)44-23)39-12-22(36-38-39)16-8-19(31)25(33)20(32)9-16/h8-10,12,14-15,17,23-24,26-29,40-41H,4-7,11,13,34H2,1-3H3,(H,35,42)/t15?,17?,23-,24-,26?,27+,28+,29+/m1/s1. The number of aliphatic hydroxyl groups excluding tert-OH is 2. The van der Waals surface area contributed by atoms with Gasteiger partial charge in [0, 0.05) is 37.1 Å². The summed E-state index contributed by atoms with van der Waals surface area (Å²) >= 11 is 0. The number of methoxy groups -OCH3 is 1. The van der Waals surface area contributed by atoms with Crippen LogP contribution < -0.4 is 11.1 Å². The maximum Gasteiger partial charge on any atom is 0.237 e. The van der Waals surface area contributed by atoms with E-state index in [9.17, 15) is 28.2 Å². The second-order valence-electron chi connectivity index (χ2n) is 12.2. The van der Waals surface area contributed by atoms with Gasteiger partial charge in [0.15, 0.2) is 17.5 Å². The highest BCUT2D eigenvalue weighted by Gasteiger charge is 2.47. The topological polar surface area (TPSA) is 171 Å². The summed E-state index contributed by atoms with van der Waals surface area (Å²) in [6.45, 7) is 3.32. The zero-order valence-electron chi connectivity index (χ0n) is 25.3. The van der Waals surface area contributed by atoms with Crippen LogP contribution >= 0.6 is 0 Å². The third-order valence-electron chi connectivity index (χ3n) is 8.82. The molecule has 0 radical (unpaired) electrons. The molecule has 2 aromatic heterocycles. The lowest BCUT2D eigenvalue weighted by Crippen LogP contribution is -2.57. The molecule has 3 aromatic rings. The van der Waals surface area contributed by atoms with Crippen molar-refractivity contribution in [3.05, 3.63) is 53.3 Å². The molecule has 2 fully saturated rings. The number of carbonyl (C=O) groups is 1. The number of rotatable bonds is 10. The Kier molecular flexibility index (Phi) is 10.2. The zero-order valence-corrected chi connectivity index (χ0v) is 25.3. The van der Waals surface area contributed by atoms with Crippen molar-refractivity contribution in [2.45, 2.75) is 94.4 Å². The van der Waals surface area contributed by atoms with Crippen molar-refractivity contribution in [3.63, 3.8) is 0 Å². The smallest absolute Gasteiger partial charge is 0.237 e. The molecule has 1 saturated heterocycles. The highest BCUT2D eigenvalue weighted by atomic mass is 19.2. The van der Waals surface area contributed by atoms with Crippen molar-refractivity contribution < 1.29 is 42.2 Å². The maximum absolute atomic E-state index is 13.8. The summed E-state index contributed by atoms with van der Waals surface area (Å²) in [5.74, 6) is -3.77. The number of ether oxygens (including phenoxy) is 2. The van der Waals surface area contributed by atoms with Crippen LogP contribution in [0.1, 0.15) is 62.9 Å². The van der Waals surface area contributed by atoms with E-state index < -0.39 is 60.6 Å². The van der Waals surface area contributed by atoms with Crippen LogP contribution in [0.5, 0.6) is 0 Å². The van der Waals surface area contributed by atoms with E-state index in [1.165, 1.54) is 18.0 Å². The molecule has 1 aromatic carbocycles. The van der Waals surface area contributed by atoms with Crippen LogP contribution in [-0.4, -0.2) is 86.5 Å². The van der Waals surface area contributed by atoms with E-state index in [1.807, 2.05) is 19.9 Å². The number of nitrogens with zero attached hydrogens (tertiary/aromatic N) is 4. The van der Waals surface area contributed by atoms with Crippen molar-refractivity contribution >= 4 is 5.91 Å². The number of carbonyl (C=O) groups excluding carboxylic acids is 1. The van der Waals surface area contributed by atoms with Gasteiger partial charge in [0.1, 0.15) is 35.8 Å². The van der Waals surface area contributed by atoms with E-state index in [0.29, 0.717) is 5.76 Å². The number of amides is 1. The molecule has 1 aliphatic heterocycles. The first-order valence-corrected chi connectivity index (χ1v) is 15.1. The van der Waals surface area contributed by atoms with E-state index in [-0.39, 0.29) is 41.5 Å². The molecular formula is C30H39F3N6O6. The fraction of sp³-hybridized carbons (Fsp3) is 0.600. The number of benzene rings is 1. The molecular weight excluding hydrogens is 597 g/mol. The molecule has 1 aliphatic carbocycles. The number of nitrogens with one attached hydrogen (secondary N) is 1. The van der Waals surface area contributed by atoms with Gasteiger partial charge in [-0.3, -0.25) is 4.79 Å². The van der Waals surface area contributed by atoms with Gasteiger partial charge in [-0.1, -0.05) is 24.2 Å². The van der Waals surface area contributed by atoms with Gasteiger partial charge >= 0.3 is 0 Å². The molecule has 5 rings (SSSR count). The van der Waals surface area contributed by atoms with Crippen molar-refractivity contribution in [1.29, 1.82) is 0 Å². The summed E-state index contributed by atoms with van der Waals surface area (Å²) in [6.07, 6.45) is 0.905. The number of aromatic nitrogens is 4. The molecule has 1 saturated carbocycles. The molecule has 6 atom stereocenters. The van der Waals surface area contributed by atoms with Crippen LogP contribution in [0.15, 0.2) is 28.9 Å². The van der Waals surface area contributed by atoms with E-state index in [1.54, 1.807) is 0 Å². The molecule has 3 heterocycles. The summed E-state index contributed by atoms with van der Waals surface area (Å²) in [5.41, 5.74) is 6.75. The Morgan fingerprint density at radius 3 is 2.47 bits per heavy atom. The normalized spacial score (nSPS) is 27.9. The van der Waals surface area contributed by atoms with Gasteiger partial charge in [-0.25, -0.2) is 17.9 Å². The monoisotopic (exact) mass is 636 g/mol. The minimum Gasteiger partial charge on any atom is -0.394 e. The highest BCUT2D eigenvalue weighted by Crippen LogP contribution is 2.36. The van der Waals surface area contributed by atoms with Gasteiger partial charge < -0.3 is 35.3 Å². The number of nitrogens with two attached hydrogens (primary N) is 1. The molecule has 12 nitrogen and oxygen atoms in total. The minimum atomic E-state index is -1.60. The van der Waals surface area contributed by atoms with Gasteiger partial charge in [-0.05, 0) is 43.7 Å². The second-order valence-corrected chi connectivity index (χ2v) is 12.2. The molecule has 246 valence electrons. The van der Waals surface area contributed by atoms with Gasteiger partial charge in [-0.2, -0.15) is 0 Å². The summed E-state index contributed by atoms with van der Waals surface area (Å²) in [4.78, 5) is 12.4. The van der Waals surface area contributed by atoms with Crippen LogP contribution in [0.4, 0.5) is 13.2 Å². The Labute approximate surface area is 258 Å². The Morgan fingerprint density at radius 2 is 1.84 bits per heavy atom. The lowest BCUT2D eigenvalue weighted by atomic mass is 9.83. The fourth-order valence-electron chi connectivity index (χ4n) is 6.14. The predicted octanol–water partition coefficient (Wildman–Crippen LogP) is 2.40. The van der Waals surface area contributed by atoms with E-state index >= 15 is 0 Å². The number of halogens is 3. The van der Waals surface area contributed by atoms with Crippen LogP contribution in [-0.2, 0) is 20.7 Å². The second kappa shape index (κ2) is 14.0. The average molecular weight is 637 g/mol. The van der Waals surface area contributed by atoms with Gasteiger partial charge in [0.25, 0.3) is 0 Å². The molecule has 0 bridgehead atoms. The van der Waals surface area contributed by atoms with Crippen molar-refractivity contribution in [1.82, 2.24) is 25.5 Å². The molecule has 1 amide bonds. The Hall–Kier alpha value is -3.37. The molecule has 2 aliphatic rings.